The third-order valence-electron chi connectivity index (χ3n) is 5.14. The summed E-state index contributed by atoms with van der Waals surface area (Å²) < 4.78 is 5.54. The van der Waals surface area contributed by atoms with Crippen LogP contribution in [0.15, 0.2) is 36.4 Å². The SMILES string of the molecule is Cc1cc(NC(=O)COc2ccc(C3CCCCC3)cc2)cc(C(=O)O)c1O. The van der Waals surface area contributed by atoms with Crippen LogP contribution in [-0.4, -0.2) is 28.7 Å². The minimum atomic E-state index is -1.26. The first-order valence-corrected chi connectivity index (χ1v) is 9.53. The van der Waals surface area contributed by atoms with Crippen molar-refractivity contribution < 1.29 is 24.5 Å². The first kappa shape index (κ1) is 19.7. The van der Waals surface area contributed by atoms with Gasteiger partial charge in [-0.25, -0.2) is 4.79 Å². The van der Waals surface area contributed by atoms with Crippen LogP contribution in [0.5, 0.6) is 11.5 Å². The molecule has 0 heterocycles. The molecule has 1 amide bonds. The van der Waals surface area contributed by atoms with E-state index in [1.807, 2.05) is 12.1 Å². The molecule has 2 aromatic rings. The first-order valence-electron chi connectivity index (χ1n) is 9.53. The predicted molar refractivity (Wildman–Crippen MR) is 106 cm³/mol. The van der Waals surface area contributed by atoms with E-state index in [9.17, 15) is 14.7 Å². The molecule has 148 valence electrons. The van der Waals surface area contributed by atoms with Crippen LogP contribution in [0.3, 0.4) is 0 Å². The number of rotatable bonds is 6. The molecule has 0 radical (unpaired) electrons. The van der Waals surface area contributed by atoms with Gasteiger partial charge in [-0.1, -0.05) is 31.4 Å². The van der Waals surface area contributed by atoms with E-state index in [0.29, 0.717) is 22.9 Å². The number of carbonyl (C=O) groups excluding carboxylic acids is 1. The molecular formula is C22H25NO5. The van der Waals surface area contributed by atoms with Gasteiger partial charge in [0.25, 0.3) is 5.91 Å². The van der Waals surface area contributed by atoms with Crippen molar-refractivity contribution in [1.29, 1.82) is 0 Å². The van der Waals surface area contributed by atoms with Crippen molar-refractivity contribution in [3.05, 3.63) is 53.1 Å². The van der Waals surface area contributed by atoms with Gasteiger partial charge < -0.3 is 20.3 Å². The number of aryl methyl sites for hydroxylation is 1. The Kier molecular flexibility index (Phi) is 6.19. The molecule has 1 aliphatic carbocycles. The number of anilines is 1. The van der Waals surface area contributed by atoms with Crippen molar-refractivity contribution in [3.63, 3.8) is 0 Å². The van der Waals surface area contributed by atoms with Gasteiger partial charge in [0.1, 0.15) is 17.1 Å². The van der Waals surface area contributed by atoms with Crippen molar-refractivity contribution in [2.45, 2.75) is 44.9 Å². The fourth-order valence-electron chi connectivity index (χ4n) is 3.63. The number of carboxylic acids is 1. The number of hydrogen-bond donors (Lipinski definition) is 3. The Hall–Kier alpha value is -3.02. The van der Waals surface area contributed by atoms with E-state index in [1.54, 1.807) is 6.92 Å². The van der Waals surface area contributed by atoms with E-state index in [-0.39, 0.29) is 17.9 Å². The molecule has 28 heavy (non-hydrogen) atoms. The van der Waals surface area contributed by atoms with E-state index in [4.69, 9.17) is 9.84 Å². The number of carbonyl (C=O) groups is 2. The van der Waals surface area contributed by atoms with Gasteiger partial charge in [-0.2, -0.15) is 0 Å². The highest BCUT2D eigenvalue weighted by Crippen LogP contribution is 2.33. The van der Waals surface area contributed by atoms with Crippen molar-refractivity contribution in [3.8, 4) is 11.5 Å². The molecule has 0 bridgehead atoms. The van der Waals surface area contributed by atoms with Crippen LogP contribution in [0.2, 0.25) is 0 Å². The lowest BCUT2D eigenvalue weighted by Gasteiger charge is -2.22. The second-order valence-electron chi connectivity index (χ2n) is 7.24. The fourth-order valence-corrected chi connectivity index (χ4v) is 3.63. The average Bonchev–Trinajstić information content (AvgIpc) is 2.70. The predicted octanol–water partition coefficient (Wildman–Crippen LogP) is 4.46. The van der Waals surface area contributed by atoms with Gasteiger partial charge >= 0.3 is 5.97 Å². The summed E-state index contributed by atoms with van der Waals surface area (Å²) in [5, 5.41) is 21.5. The highest BCUT2D eigenvalue weighted by Gasteiger charge is 2.16. The molecule has 0 unspecified atom stereocenters. The topological polar surface area (TPSA) is 95.9 Å². The van der Waals surface area contributed by atoms with E-state index in [0.717, 1.165) is 0 Å². The Labute approximate surface area is 164 Å². The molecule has 1 fully saturated rings. The lowest BCUT2D eigenvalue weighted by atomic mass is 9.84. The summed E-state index contributed by atoms with van der Waals surface area (Å²) >= 11 is 0. The van der Waals surface area contributed by atoms with E-state index in [1.165, 1.54) is 49.8 Å². The van der Waals surface area contributed by atoms with Crippen LogP contribution >= 0.6 is 0 Å². The third kappa shape index (κ3) is 4.82. The Morgan fingerprint density at radius 3 is 2.43 bits per heavy atom. The number of benzene rings is 2. The smallest absolute Gasteiger partial charge is 0.339 e. The number of hydrogen-bond acceptors (Lipinski definition) is 4. The zero-order valence-electron chi connectivity index (χ0n) is 15.9. The summed E-state index contributed by atoms with van der Waals surface area (Å²) in [5.74, 6) is -0.737. The van der Waals surface area contributed by atoms with E-state index < -0.39 is 11.9 Å². The molecule has 1 saturated carbocycles. The molecule has 2 aromatic carbocycles. The number of amides is 1. The molecule has 0 aliphatic heterocycles. The quantitative estimate of drug-likeness (QED) is 0.640. The molecule has 0 atom stereocenters. The van der Waals surface area contributed by atoms with Gasteiger partial charge in [-0.05, 0) is 61.1 Å². The zero-order valence-corrected chi connectivity index (χ0v) is 15.9. The molecule has 1 aliphatic rings. The first-order chi connectivity index (χ1) is 13.4. The van der Waals surface area contributed by atoms with Crippen LogP contribution in [-0.2, 0) is 4.79 Å². The maximum absolute atomic E-state index is 12.1. The highest BCUT2D eigenvalue weighted by molar-refractivity contribution is 5.96. The standard InChI is InChI=1S/C22H25NO5/c1-14-11-17(12-19(21(14)25)22(26)27)23-20(24)13-28-18-9-7-16(8-10-18)15-5-3-2-4-6-15/h7-12,15,25H,2-6,13H2,1H3,(H,23,24)(H,26,27). The van der Waals surface area contributed by atoms with E-state index >= 15 is 0 Å². The van der Waals surface area contributed by atoms with E-state index in [2.05, 4.69) is 17.4 Å². The Morgan fingerprint density at radius 2 is 1.79 bits per heavy atom. The van der Waals surface area contributed by atoms with Crippen molar-refractivity contribution in [2.75, 3.05) is 11.9 Å². The summed E-state index contributed by atoms with van der Waals surface area (Å²) in [6.07, 6.45) is 6.34. The van der Waals surface area contributed by atoms with Crippen molar-refractivity contribution in [2.24, 2.45) is 0 Å². The normalized spacial score (nSPS) is 14.5. The third-order valence-corrected chi connectivity index (χ3v) is 5.14. The number of ether oxygens (including phenoxy) is 1. The average molecular weight is 383 g/mol. The van der Waals surface area contributed by atoms with Gasteiger partial charge in [-0.15, -0.1) is 0 Å². The summed E-state index contributed by atoms with van der Waals surface area (Å²) in [6, 6.07) is 10.6. The lowest BCUT2D eigenvalue weighted by molar-refractivity contribution is -0.118. The maximum Gasteiger partial charge on any atom is 0.339 e. The minimum absolute atomic E-state index is 0.189. The molecule has 3 rings (SSSR count). The number of phenols is 1. The summed E-state index contributed by atoms with van der Waals surface area (Å²) in [5.41, 5.74) is 1.73. The van der Waals surface area contributed by atoms with Crippen LogP contribution in [0.25, 0.3) is 0 Å². The van der Waals surface area contributed by atoms with Gasteiger partial charge in [0, 0.05) is 5.69 Å². The van der Waals surface area contributed by atoms with Crippen LogP contribution in [0.1, 0.15) is 59.5 Å². The van der Waals surface area contributed by atoms with Crippen molar-refractivity contribution in [1.82, 2.24) is 0 Å². The molecular weight excluding hydrogens is 358 g/mol. The zero-order chi connectivity index (χ0) is 20.1. The molecule has 0 aromatic heterocycles. The number of aromatic carboxylic acids is 1. The van der Waals surface area contributed by atoms with Crippen LogP contribution in [0, 0.1) is 6.92 Å². The molecule has 3 N–H and O–H groups in total. The second-order valence-corrected chi connectivity index (χ2v) is 7.24. The van der Waals surface area contributed by atoms with Gasteiger partial charge in [0.2, 0.25) is 0 Å². The lowest BCUT2D eigenvalue weighted by Crippen LogP contribution is -2.20. The summed E-state index contributed by atoms with van der Waals surface area (Å²) in [6.45, 7) is 1.38. The molecule has 0 saturated heterocycles. The Morgan fingerprint density at radius 1 is 1.11 bits per heavy atom. The Bertz CT molecular complexity index is 854. The van der Waals surface area contributed by atoms with Crippen molar-refractivity contribution >= 4 is 17.6 Å². The second kappa shape index (κ2) is 8.78. The molecule has 6 heteroatoms. The monoisotopic (exact) mass is 383 g/mol. The van der Waals surface area contributed by atoms with Crippen LogP contribution in [0.4, 0.5) is 5.69 Å². The fraction of sp³-hybridized carbons (Fsp3) is 0.364. The van der Waals surface area contributed by atoms with Gasteiger partial charge in [0.05, 0.1) is 0 Å². The number of aromatic hydroxyl groups is 1. The van der Waals surface area contributed by atoms with Gasteiger partial charge in [0.15, 0.2) is 6.61 Å². The number of carboxylic acid groups (broad SMARTS) is 1. The largest absolute Gasteiger partial charge is 0.507 e. The van der Waals surface area contributed by atoms with Gasteiger partial charge in [-0.3, -0.25) is 4.79 Å². The maximum atomic E-state index is 12.1. The van der Waals surface area contributed by atoms with Crippen LogP contribution < -0.4 is 10.1 Å². The summed E-state index contributed by atoms with van der Waals surface area (Å²) in [7, 11) is 0. The number of nitrogens with one attached hydrogen (secondary N) is 1. The summed E-state index contributed by atoms with van der Waals surface area (Å²) in [4.78, 5) is 23.3. The molecule has 6 nitrogen and oxygen atoms in total. The minimum Gasteiger partial charge on any atom is -0.507 e. The Balaban J connectivity index is 1.56. The molecule has 0 spiro atoms. The highest BCUT2D eigenvalue weighted by atomic mass is 16.5.